The Hall–Kier alpha value is -2.48. The molecule has 1 amide bonds. The average Bonchev–Trinajstić information content (AvgIpc) is 2.83. The van der Waals surface area contributed by atoms with Crippen LogP contribution < -0.4 is 0 Å². The minimum atomic E-state index is -1.07. The molecule has 1 N–H and O–H groups in total. The van der Waals surface area contributed by atoms with Crippen molar-refractivity contribution in [3.05, 3.63) is 23.8 Å². The summed E-state index contributed by atoms with van der Waals surface area (Å²) in [5, 5.41) is 16.7. The second kappa shape index (κ2) is 6.31. The Morgan fingerprint density at radius 2 is 2.19 bits per heavy atom. The third-order valence-electron chi connectivity index (χ3n) is 3.04. The molecule has 0 radical (unpaired) electrons. The molecule has 0 atom stereocenters. The molecule has 2 aromatic rings. The van der Waals surface area contributed by atoms with Crippen molar-refractivity contribution in [3.8, 4) is 0 Å². The SMILES string of the molecule is COCCN(CC(=O)O)C(=O)c1ccc2c(c1)nnn2C. The van der Waals surface area contributed by atoms with E-state index in [4.69, 9.17) is 9.84 Å². The molecule has 0 saturated carbocycles. The van der Waals surface area contributed by atoms with E-state index >= 15 is 0 Å². The molecule has 112 valence electrons. The van der Waals surface area contributed by atoms with Gasteiger partial charge >= 0.3 is 5.97 Å². The molecule has 1 heterocycles. The minimum absolute atomic E-state index is 0.208. The zero-order valence-electron chi connectivity index (χ0n) is 11.8. The number of benzene rings is 1. The van der Waals surface area contributed by atoms with Gasteiger partial charge in [-0.25, -0.2) is 4.68 Å². The largest absolute Gasteiger partial charge is 0.480 e. The number of fused-ring (bicyclic) bond motifs is 1. The first kappa shape index (κ1) is 14.9. The Kier molecular flexibility index (Phi) is 4.49. The van der Waals surface area contributed by atoms with Gasteiger partial charge in [-0.15, -0.1) is 5.10 Å². The molecule has 0 fully saturated rings. The standard InChI is InChI=1S/C13H16N4O4/c1-16-11-4-3-9(7-10(11)14-15-16)13(20)17(5-6-21-2)8-12(18)19/h3-4,7H,5-6,8H2,1-2H3,(H,18,19). The summed E-state index contributed by atoms with van der Waals surface area (Å²) in [5.41, 5.74) is 1.76. The first-order chi connectivity index (χ1) is 10.0. The van der Waals surface area contributed by atoms with Crippen molar-refractivity contribution in [3.63, 3.8) is 0 Å². The van der Waals surface area contributed by atoms with Crippen LogP contribution in [0.4, 0.5) is 0 Å². The highest BCUT2D eigenvalue weighted by molar-refractivity contribution is 5.98. The van der Waals surface area contributed by atoms with Crippen LogP contribution in [-0.2, 0) is 16.6 Å². The highest BCUT2D eigenvalue weighted by Gasteiger charge is 2.19. The number of aromatic nitrogens is 3. The Balaban J connectivity index is 2.26. The van der Waals surface area contributed by atoms with Gasteiger partial charge in [0.15, 0.2) is 0 Å². The van der Waals surface area contributed by atoms with E-state index in [0.29, 0.717) is 11.1 Å². The Morgan fingerprint density at radius 1 is 1.43 bits per heavy atom. The molecule has 0 bridgehead atoms. The summed E-state index contributed by atoms with van der Waals surface area (Å²) >= 11 is 0. The van der Waals surface area contributed by atoms with E-state index in [2.05, 4.69) is 10.3 Å². The van der Waals surface area contributed by atoms with E-state index in [9.17, 15) is 9.59 Å². The van der Waals surface area contributed by atoms with Gasteiger partial charge in [-0.1, -0.05) is 5.21 Å². The summed E-state index contributed by atoms with van der Waals surface area (Å²) in [4.78, 5) is 24.5. The molecule has 0 unspecified atom stereocenters. The van der Waals surface area contributed by atoms with E-state index in [1.807, 2.05) is 0 Å². The molecule has 0 aliphatic carbocycles. The van der Waals surface area contributed by atoms with Gasteiger partial charge in [0.1, 0.15) is 12.1 Å². The first-order valence-electron chi connectivity index (χ1n) is 6.32. The van der Waals surface area contributed by atoms with Gasteiger partial charge in [-0.2, -0.15) is 0 Å². The van der Waals surface area contributed by atoms with Gasteiger partial charge in [0.25, 0.3) is 5.91 Å². The number of aryl methyl sites for hydroxylation is 1. The maximum atomic E-state index is 12.4. The zero-order valence-corrected chi connectivity index (χ0v) is 11.8. The van der Waals surface area contributed by atoms with Crippen molar-refractivity contribution >= 4 is 22.9 Å². The molecule has 0 spiro atoms. The quantitative estimate of drug-likeness (QED) is 0.813. The third kappa shape index (κ3) is 3.34. The van der Waals surface area contributed by atoms with Crippen molar-refractivity contribution in [2.75, 3.05) is 26.8 Å². The summed E-state index contributed by atoms with van der Waals surface area (Å²) in [6.07, 6.45) is 0. The summed E-state index contributed by atoms with van der Waals surface area (Å²) in [6, 6.07) is 4.97. The molecule has 0 saturated heterocycles. The van der Waals surface area contributed by atoms with Crippen LogP contribution in [0.3, 0.4) is 0 Å². The normalized spacial score (nSPS) is 10.8. The number of methoxy groups -OCH3 is 1. The summed E-state index contributed by atoms with van der Waals surface area (Å²) < 4.78 is 6.50. The van der Waals surface area contributed by atoms with Crippen molar-refractivity contribution in [2.45, 2.75) is 0 Å². The lowest BCUT2D eigenvalue weighted by atomic mass is 10.1. The molecule has 1 aromatic heterocycles. The molecule has 8 heteroatoms. The molecular weight excluding hydrogens is 276 g/mol. The van der Waals surface area contributed by atoms with Crippen molar-refractivity contribution in [1.29, 1.82) is 0 Å². The Bertz CT molecular complexity index is 667. The van der Waals surface area contributed by atoms with Gasteiger partial charge in [0, 0.05) is 26.3 Å². The number of carboxylic acids is 1. The van der Waals surface area contributed by atoms with Crippen LogP contribution in [0.5, 0.6) is 0 Å². The molecule has 8 nitrogen and oxygen atoms in total. The average molecular weight is 292 g/mol. The summed E-state index contributed by atoms with van der Waals surface area (Å²) in [7, 11) is 3.25. The lowest BCUT2D eigenvalue weighted by Crippen LogP contribution is -2.38. The number of rotatable bonds is 6. The van der Waals surface area contributed by atoms with Crippen LogP contribution in [0, 0.1) is 0 Å². The Labute approximate surface area is 120 Å². The van der Waals surface area contributed by atoms with Gasteiger partial charge in [-0.05, 0) is 18.2 Å². The van der Waals surface area contributed by atoms with Gasteiger partial charge in [0.05, 0.1) is 12.1 Å². The number of amides is 1. The molecule has 2 rings (SSSR count). The predicted octanol–water partition coefficient (Wildman–Crippen LogP) is 0.141. The summed E-state index contributed by atoms with van der Waals surface area (Å²) in [5.74, 6) is -1.44. The number of ether oxygens (including phenoxy) is 1. The highest BCUT2D eigenvalue weighted by Crippen LogP contribution is 2.14. The fraction of sp³-hybridized carbons (Fsp3) is 0.385. The molecular formula is C13H16N4O4. The monoisotopic (exact) mass is 292 g/mol. The molecule has 1 aromatic carbocycles. The fourth-order valence-corrected chi connectivity index (χ4v) is 1.97. The van der Waals surface area contributed by atoms with Crippen LogP contribution in [0.15, 0.2) is 18.2 Å². The lowest BCUT2D eigenvalue weighted by Gasteiger charge is -2.20. The van der Waals surface area contributed by atoms with Crippen LogP contribution in [0.1, 0.15) is 10.4 Å². The number of carbonyl (C=O) groups excluding carboxylic acids is 1. The second-order valence-electron chi connectivity index (χ2n) is 4.53. The fourth-order valence-electron chi connectivity index (χ4n) is 1.97. The molecule has 21 heavy (non-hydrogen) atoms. The van der Waals surface area contributed by atoms with Crippen molar-refractivity contribution in [1.82, 2.24) is 19.9 Å². The maximum absolute atomic E-state index is 12.4. The van der Waals surface area contributed by atoms with Gasteiger partial charge < -0.3 is 14.7 Å². The predicted molar refractivity (Wildman–Crippen MR) is 73.9 cm³/mol. The number of aliphatic carboxylic acids is 1. The number of nitrogens with zero attached hydrogens (tertiary/aromatic N) is 4. The van der Waals surface area contributed by atoms with Crippen molar-refractivity contribution in [2.24, 2.45) is 7.05 Å². The number of hydrogen-bond acceptors (Lipinski definition) is 5. The molecule has 0 aliphatic heterocycles. The zero-order chi connectivity index (χ0) is 15.4. The van der Waals surface area contributed by atoms with Crippen LogP contribution in [0.2, 0.25) is 0 Å². The van der Waals surface area contributed by atoms with Gasteiger partial charge in [0.2, 0.25) is 0 Å². The first-order valence-corrected chi connectivity index (χ1v) is 6.32. The summed E-state index contributed by atoms with van der Waals surface area (Å²) in [6.45, 7) is 0.104. The van der Waals surface area contributed by atoms with E-state index in [1.54, 1.807) is 29.9 Å². The van der Waals surface area contributed by atoms with E-state index in [1.165, 1.54) is 12.0 Å². The van der Waals surface area contributed by atoms with Crippen LogP contribution in [0.25, 0.3) is 11.0 Å². The second-order valence-corrected chi connectivity index (χ2v) is 4.53. The van der Waals surface area contributed by atoms with Gasteiger partial charge in [-0.3, -0.25) is 9.59 Å². The number of carbonyl (C=O) groups is 2. The minimum Gasteiger partial charge on any atom is -0.480 e. The van der Waals surface area contributed by atoms with Crippen molar-refractivity contribution < 1.29 is 19.4 Å². The van der Waals surface area contributed by atoms with E-state index in [0.717, 1.165) is 5.52 Å². The molecule has 0 aliphatic rings. The smallest absolute Gasteiger partial charge is 0.323 e. The topological polar surface area (TPSA) is 97.6 Å². The Morgan fingerprint density at radius 3 is 2.86 bits per heavy atom. The van der Waals surface area contributed by atoms with Crippen LogP contribution >= 0.6 is 0 Å². The van der Waals surface area contributed by atoms with E-state index < -0.39 is 5.97 Å². The highest BCUT2D eigenvalue weighted by atomic mass is 16.5. The third-order valence-corrected chi connectivity index (χ3v) is 3.04. The number of carboxylic acid groups (broad SMARTS) is 1. The lowest BCUT2D eigenvalue weighted by molar-refractivity contribution is -0.137. The van der Waals surface area contributed by atoms with E-state index in [-0.39, 0.29) is 25.6 Å². The van der Waals surface area contributed by atoms with Crippen LogP contribution in [-0.4, -0.2) is 63.7 Å². The maximum Gasteiger partial charge on any atom is 0.323 e. The number of hydrogen-bond donors (Lipinski definition) is 1.